The van der Waals surface area contributed by atoms with Gasteiger partial charge in [0.25, 0.3) is 0 Å². The van der Waals surface area contributed by atoms with Gasteiger partial charge < -0.3 is 14.4 Å². The van der Waals surface area contributed by atoms with E-state index in [1.807, 2.05) is 71.9 Å². The molecule has 7 rings (SSSR count). The van der Waals surface area contributed by atoms with Crippen LogP contribution in [0.2, 0.25) is 0 Å². The molecule has 0 unspecified atom stereocenters. The van der Waals surface area contributed by atoms with Gasteiger partial charge in [0.1, 0.15) is 5.58 Å². The Morgan fingerprint density at radius 2 is 1.43 bits per heavy atom. The summed E-state index contributed by atoms with van der Waals surface area (Å²) in [5.41, 5.74) is 1.66. The van der Waals surface area contributed by atoms with E-state index in [0.29, 0.717) is 28.0 Å². The SMILES string of the molecule is [2H]C([2H])([2H])c1c[c-]c(-c2cc(C([2H])([2H])[2H])c(C([2H])([2H])[2H])cn2)cc1.[2H]C([2H])(c1cnc(-c2[c-]ccc3c2oc2c4ccccc4ccc32)cc1C([2H])([2H])C(C)(C)C)C(C)(C)C.[Ir]. The third-order valence-electron chi connectivity index (χ3n) is 7.50. The van der Waals surface area contributed by atoms with Crippen LogP contribution in [-0.2, 0) is 32.9 Å². The number of aryl methyl sites for hydroxylation is 3. The number of fused-ring (bicyclic) bond motifs is 5. The topological polar surface area (TPSA) is 38.9 Å². The minimum Gasteiger partial charge on any atom is -0.500 e. The number of rotatable bonds is 4. The fourth-order valence-corrected chi connectivity index (χ4v) is 5.45. The van der Waals surface area contributed by atoms with Crippen LogP contribution in [0.5, 0.6) is 0 Å². The molecule has 0 spiro atoms. The molecule has 7 aromatic rings. The van der Waals surface area contributed by atoms with Crippen LogP contribution in [0.1, 0.15) is 87.2 Å². The summed E-state index contributed by atoms with van der Waals surface area (Å²) in [5, 5.41) is 4.04. The number of aromatic nitrogens is 2. The van der Waals surface area contributed by atoms with Crippen molar-refractivity contribution in [2.75, 3.05) is 0 Å². The maximum Gasteiger partial charge on any atom is 0.128 e. The van der Waals surface area contributed by atoms with Crippen molar-refractivity contribution in [2.45, 2.75) is 74.8 Å². The third kappa shape index (κ3) is 8.38. The molecular weight excluding hydrogens is 777 g/mol. The average Bonchev–Trinajstić information content (AvgIpc) is 3.55. The Bertz CT molecular complexity index is 2740. The van der Waals surface area contributed by atoms with E-state index < -0.39 is 44.1 Å². The Hall–Kier alpha value is -4.11. The monoisotopic (exact) mass is 836 g/mol. The molecular formula is C45H46IrN2O-2. The molecule has 0 saturated carbocycles. The molecule has 0 N–H and O–H groups in total. The van der Waals surface area contributed by atoms with Gasteiger partial charge in [0.2, 0.25) is 0 Å². The number of hydrogen-bond acceptors (Lipinski definition) is 3. The molecule has 253 valence electrons. The molecule has 0 bridgehead atoms. The predicted molar refractivity (Wildman–Crippen MR) is 202 cm³/mol. The smallest absolute Gasteiger partial charge is 0.128 e. The molecule has 3 aromatic heterocycles. The van der Waals surface area contributed by atoms with E-state index in [1.54, 1.807) is 6.07 Å². The molecule has 3 nitrogen and oxygen atoms in total. The third-order valence-corrected chi connectivity index (χ3v) is 7.50. The van der Waals surface area contributed by atoms with Crippen LogP contribution in [0.4, 0.5) is 0 Å². The largest absolute Gasteiger partial charge is 0.500 e. The molecule has 0 aliphatic heterocycles. The molecule has 3 heterocycles. The second-order valence-corrected chi connectivity index (χ2v) is 13.8. The number of pyridine rings is 2. The van der Waals surface area contributed by atoms with Gasteiger partial charge in [0.15, 0.2) is 0 Å². The first-order chi connectivity index (χ1) is 27.9. The molecule has 4 aromatic carbocycles. The number of furan rings is 1. The molecule has 0 saturated heterocycles. The first kappa shape index (κ1) is 22.6. The summed E-state index contributed by atoms with van der Waals surface area (Å²) in [5.74, 6) is 0. The first-order valence-corrected chi connectivity index (χ1v) is 15.7. The Kier molecular flexibility index (Phi) is 6.63. The quantitative estimate of drug-likeness (QED) is 0.166. The van der Waals surface area contributed by atoms with Crippen LogP contribution in [0.25, 0.3) is 55.2 Å². The van der Waals surface area contributed by atoms with Crippen molar-refractivity contribution < 1.29 is 42.3 Å². The van der Waals surface area contributed by atoms with Crippen LogP contribution < -0.4 is 0 Å². The van der Waals surface area contributed by atoms with Crippen molar-refractivity contribution in [3.05, 3.63) is 131 Å². The van der Waals surface area contributed by atoms with Crippen molar-refractivity contribution in [1.29, 1.82) is 0 Å². The van der Waals surface area contributed by atoms with Crippen LogP contribution in [0.3, 0.4) is 0 Å². The van der Waals surface area contributed by atoms with Gasteiger partial charge >= 0.3 is 0 Å². The minimum absolute atomic E-state index is 0. The van der Waals surface area contributed by atoms with Gasteiger partial charge in [-0.3, -0.25) is 0 Å². The van der Waals surface area contributed by atoms with E-state index in [9.17, 15) is 0 Å². The van der Waals surface area contributed by atoms with Crippen molar-refractivity contribution in [2.24, 2.45) is 10.8 Å². The Labute approximate surface area is 323 Å². The van der Waals surface area contributed by atoms with E-state index in [0.717, 1.165) is 33.3 Å². The maximum absolute atomic E-state index is 9.08. The van der Waals surface area contributed by atoms with Gasteiger partial charge in [-0.15, -0.1) is 53.6 Å². The normalized spacial score (nSPS) is 17.1. The zero-order valence-electron chi connectivity index (χ0n) is 41.3. The summed E-state index contributed by atoms with van der Waals surface area (Å²) >= 11 is 0. The molecule has 1 radical (unpaired) electrons. The standard InChI is InChI=1S/C31H32NO.C14H14N.Ir/c1-30(2,3)17-21-16-27(32-19-22(21)18-31(4,5)6)26-13-9-12-24-25-15-14-20-10-7-8-11-23(20)28(25)33-29(24)26;1-10-4-6-13(7-5-10)14-8-11(2)12(3)9-15-14;/h7-12,14-16,19H,17-18H2,1-6H3;4-6,8-9H,1-3H3;/q2*-1;/i17D2,18D2;1D3,2D3,3D3;. The van der Waals surface area contributed by atoms with Gasteiger partial charge in [-0.2, -0.15) is 0 Å². The Morgan fingerprint density at radius 1 is 0.694 bits per heavy atom. The molecule has 0 fully saturated rings. The van der Waals surface area contributed by atoms with Crippen molar-refractivity contribution in [1.82, 2.24) is 9.97 Å². The molecule has 4 heteroatoms. The molecule has 0 amide bonds. The van der Waals surface area contributed by atoms with E-state index in [1.165, 1.54) is 30.5 Å². The first-order valence-electron chi connectivity index (χ1n) is 22.2. The summed E-state index contributed by atoms with van der Waals surface area (Å²) < 4.78 is 109. The van der Waals surface area contributed by atoms with E-state index >= 15 is 0 Å². The van der Waals surface area contributed by atoms with Gasteiger partial charge in [-0.05, 0) is 70.7 Å². The van der Waals surface area contributed by atoms with Gasteiger partial charge in [-0.1, -0.05) is 113 Å². The van der Waals surface area contributed by atoms with Crippen LogP contribution in [0.15, 0.2) is 95.7 Å². The second kappa shape index (κ2) is 14.4. The summed E-state index contributed by atoms with van der Waals surface area (Å²) in [6.45, 7) is 3.50. The second-order valence-electron chi connectivity index (χ2n) is 13.8. The summed E-state index contributed by atoms with van der Waals surface area (Å²) in [7, 11) is 0. The van der Waals surface area contributed by atoms with E-state index in [-0.39, 0.29) is 48.1 Å². The summed E-state index contributed by atoms with van der Waals surface area (Å²) in [4.78, 5) is 8.67. The Morgan fingerprint density at radius 3 is 2.14 bits per heavy atom. The molecule has 0 aliphatic rings. The molecule has 0 atom stereocenters. The van der Waals surface area contributed by atoms with Gasteiger partial charge in [0, 0.05) is 61.1 Å². The number of nitrogens with zero attached hydrogens (tertiary/aromatic N) is 2. The van der Waals surface area contributed by atoms with Crippen molar-refractivity contribution in [3.8, 4) is 22.5 Å². The fourth-order valence-electron chi connectivity index (χ4n) is 5.45. The zero-order valence-corrected chi connectivity index (χ0v) is 30.7. The van der Waals surface area contributed by atoms with Crippen LogP contribution in [-0.4, -0.2) is 9.97 Å². The van der Waals surface area contributed by atoms with Crippen molar-refractivity contribution >= 4 is 32.7 Å². The predicted octanol–water partition coefficient (Wildman–Crippen LogP) is 12.3. The van der Waals surface area contributed by atoms with E-state index in [2.05, 4.69) is 40.3 Å². The van der Waals surface area contributed by atoms with E-state index in [4.69, 9.17) is 22.2 Å². The summed E-state index contributed by atoms with van der Waals surface area (Å²) in [6.07, 6.45) is -1.10. The number of hydrogen-bond donors (Lipinski definition) is 0. The van der Waals surface area contributed by atoms with Gasteiger partial charge in [-0.25, -0.2) is 0 Å². The minimum atomic E-state index is -2.61. The molecule has 49 heavy (non-hydrogen) atoms. The maximum atomic E-state index is 9.08. The Balaban J connectivity index is 0.000000253. The number of benzene rings is 4. The average molecular weight is 836 g/mol. The van der Waals surface area contributed by atoms with Crippen LogP contribution >= 0.6 is 0 Å². The fraction of sp³-hybridized carbons (Fsp3) is 0.289. The van der Waals surface area contributed by atoms with Crippen LogP contribution in [0, 0.1) is 43.5 Å². The van der Waals surface area contributed by atoms with Gasteiger partial charge in [0.05, 0.1) is 5.58 Å². The summed E-state index contributed by atoms with van der Waals surface area (Å²) in [6, 6.07) is 29.1. The molecule has 0 aliphatic carbocycles. The van der Waals surface area contributed by atoms with Crippen molar-refractivity contribution in [3.63, 3.8) is 0 Å². The zero-order chi connectivity index (χ0) is 45.3.